The van der Waals surface area contributed by atoms with Gasteiger partial charge in [0, 0.05) is 29.8 Å². The molecular formula is C29H32N4O3. The SMILES string of the molecule is COc1ccc(-n2c(C)cc(/C=C(\C#N)C(=O)N(C)CC(=O)Nc3c(C)cc(C)cc3C)c2C)cc1. The number of amides is 2. The van der Waals surface area contributed by atoms with Crippen molar-refractivity contribution in [3.05, 3.63) is 81.7 Å². The number of carbonyl (C=O) groups excluding carboxylic acids is 2. The van der Waals surface area contributed by atoms with Crippen molar-refractivity contribution in [1.29, 1.82) is 5.26 Å². The predicted octanol–water partition coefficient (Wildman–Crippen LogP) is 5.03. The Morgan fingerprint density at radius 1 is 1.06 bits per heavy atom. The van der Waals surface area contributed by atoms with Crippen LogP contribution < -0.4 is 10.1 Å². The molecule has 2 amide bonds. The van der Waals surface area contributed by atoms with E-state index >= 15 is 0 Å². The highest BCUT2D eigenvalue weighted by atomic mass is 16.5. The molecular weight excluding hydrogens is 452 g/mol. The summed E-state index contributed by atoms with van der Waals surface area (Å²) >= 11 is 0. The van der Waals surface area contributed by atoms with Crippen LogP contribution in [0.25, 0.3) is 11.8 Å². The van der Waals surface area contributed by atoms with E-state index in [1.165, 1.54) is 11.9 Å². The molecule has 7 nitrogen and oxygen atoms in total. The van der Waals surface area contributed by atoms with E-state index in [0.29, 0.717) is 0 Å². The maximum absolute atomic E-state index is 13.0. The first-order chi connectivity index (χ1) is 17.0. The average Bonchev–Trinajstić information content (AvgIpc) is 3.11. The number of methoxy groups -OCH3 is 1. The topological polar surface area (TPSA) is 87.4 Å². The monoisotopic (exact) mass is 484 g/mol. The Balaban J connectivity index is 1.79. The molecule has 186 valence electrons. The highest BCUT2D eigenvalue weighted by Crippen LogP contribution is 2.25. The van der Waals surface area contributed by atoms with E-state index in [4.69, 9.17) is 4.74 Å². The minimum absolute atomic E-state index is 0.0389. The molecule has 2 aromatic carbocycles. The van der Waals surface area contributed by atoms with Crippen LogP contribution >= 0.6 is 0 Å². The molecule has 0 saturated carbocycles. The zero-order valence-corrected chi connectivity index (χ0v) is 21.9. The molecule has 0 saturated heterocycles. The number of aromatic nitrogens is 1. The number of nitrogens with zero attached hydrogens (tertiary/aromatic N) is 3. The summed E-state index contributed by atoms with van der Waals surface area (Å²) in [6, 6.07) is 15.6. The molecule has 3 rings (SSSR count). The number of aryl methyl sites for hydroxylation is 4. The molecule has 0 aliphatic carbocycles. The first-order valence-corrected chi connectivity index (χ1v) is 11.6. The highest BCUT2D eigenvalue weighted by molar-refractivity contribution is 6.04. The van der Waals surface area contributed by atoms with Crippen molar-refractivity contribution in [3.63, 3.8) is 0 Å². The Labute approximate surface area is 212 Å². The summed E-state index contributed by atoms with van der Waals surface area (Å²) in [4.78, 5) is 26.9. The standard InChI is InChI=1S/C29H32N4O3/c1-18-12-19(2)28(20(3)13-18)31-27(34)17-32(6)29(35)24(16-30)15-23-14-21(4)33(22(23)5)25-8-10-26(36-7)11-9-25/h8-15H,17H2,1-7H3,(H,31,34)/b24-15+. The number of carbonyl (C=O) groups is 2. The van der Waals surface area contributed by atoms with Crippen molar-refractivity contribution >= 4 is 23.6 Å². The van der Waals surface area contributed by atoms with E-state index < -0.39 is 5.91 Å². The number of nitrogens with one attached hydrogen (secondary N) is 1. The van der Waals surface area contributed by atoms with Crippen LogP contribution in [0, 0.1) is 45.9 Å². The summed E-state index contributed by atoms with van der Waals surface area (Å²) in [6.07, 6.45) is 1.58. The van der Waals surface area contributed by atoms with Crippen LogP contribution in [-0.2, 0) is 9.59 Å². The van der Waals surface area contributed by atoms with Crippen LogP contribution in [0.1, 0.15) is 33.6 Å². The number of benzene rings is 2. The summed E-state index contributed by atoms with van der Waals surface area (Å²) in [5.41, 5.74) is 7.30. The van der Waals surface area contributed by atoms with Crippen molar-refractivity contribution < 1.29 is 14.3 Å². The summed E-state index contributed by atoms with van der Waals surface area (Å²) < 4.78 is 7.29. The largest absolute Gasteiger partial charge is 0.497 e. The van der Waals surface area contributed by atoms with Gasteiger partial charge >= 0.3 is 0 Å². The van der Waals surface area contributed by atoms with E-state index in [9.17, 15) is 14.9 Å². The van der Waals surface area contributed by atoms with E-state index in [0.717, 1.165) is 50.8 Å². The quantitative estimate of drug-likeness (QED) is 0.376. The number of rotatable bonds is 7. The fourth-order valence-corrected chi connectivity index (χ4v) is 4.41. The second-order valence-corrected chi connectivity index (χ2v) is 9.01. The Morgan fingerprint density at radius 2 is 1.67 bits per heavy atom. The average molecular weight is 485 g/mol. The molecule has 7 heteroatoms. The molecule has 1 aromatic heterocycles. The molecule has 0 bridgehead atoms. The highest BCUT2D eigenvalue weighted by Gasteiger charge is 2.20. The van der Waals surface area contributed by atoms with Crippen LogP contribution in [0.3, 0.4) is 0 Å². The molecule has 0 aliphatic rings. The van der Waals surface area contributed by atoms with Crippen molar-refractivity contribution in [2.75, 3.05) is 26.0 Å². The van der Waals surface area contributed by atoms with Crippen LogP contribution in [0.4, 0.5) is 5.69 Å². The predicted molar refractivity (Wildman–Crippen MR) is 142 cm³/mol. The van der Waals surface area contributed by atoms with Crippen LogP contribution in [0.2, 0.25) is 0 Å². The summed E-state index contributed by atoms with van der Waals surface area (Å²) in [7, 11) is 3.14. The molecule has 0 atom stereocenters. The van der Waals surface area contributed by atoms with Gasteiger partial charge in [-0.2, -0.15) is 5.26 Å². The number of hydrogen-bond donors (Lipinski definition) is 1. The molecule has 0 unspecified atom stereocenters. The number of ether oxygens (including phenoxy) is 1. The molecule has 1 heterocycles. The second kappa shape index (κ2) is 11.0. The number of likely N-dealkylation sites (N-methyl/N-ethyl adjacent to an activating group) is 1. The Kier molecular flexibility index (Phi) is 8.00. The van der Waals surface area contributed by atoms with Crippen LogP contribution in [-0.4, -0.2) is 42.0 Å². The normalized spacial score (nSPS) is 11.1. The zero-order chi connectivity index (χ0) is 26.6. The molecule has 0 fully saturated rings. The van der Waals surface area contributed by atoms with Gasteiger partial charge in [-0.15, -0.1) is 0 Å². The van der Waals surface area contributed by atoms with Crippen molar-refractivity contribution in [2.24, 2.45) is 0 Å². The summed E-state index contributed by atoms with van der Waals surface area (Å²) in [6.45, 7) is 9.60. The van der Waals surface area contributed by atoms with Gasteiger partial charge < -0.3 is 19.5 Å². The summed E-state index contributed by atoms with van der Waals surface area (Å²) in [5.74, 6) is -0.0754. The molecule has 0 aliphatic heterocycles. The lowest BCUT2D eigenvalue weighted by molar-refractivity contribution is -0.129. The van der Waals surface area contributed by atoms with Gasteiger partial charge in [-0.05, 0) is 87.7 Å². The Morgan fingerprint density at radius 3 is 2.22 bits per heavy atom. The van der Waals surface area contributed by atoms with Gasteiger partial charge in [-0.3, -0.25) is 9.59 Å². The van der Waals surface area contributed by atoms with Gasteiger partial charge in [0.2, 0.25) is 5.91 Å². The van der Waals surface area contributed by atoms with E-state index in [-0.39, 0.29) is 18.0 Å². The Hall–Kier alpha value is -4.31. The lowest BCUT2D eigenvalue weighted by Gasteiger charge is -2.18. The minimum atomic E-state index is -0.515. The van der Waals surface area contributed by atoms with Crippen LogP contribution in [0.15, 0.2) is 48.0 Å². The third-order valence-electron chi connectivity index (χ3n) is 6.12. The van der Waals surface area contributed by atoms with Gasteiger partial charge in [0.15, 0.2) is 0 Å². The van der Waals surface area contributed by atoms with E-state index in [1.54, 1.807) is 13.2 Å². The fourth-order valence-electron chi connectivity index (χ4n) is 4.41. The van der Waals surface area contributed by atoms with Crippen LogP contribution in [0.5, 0.6) is 5.75 Å². The third kappa shape index (κ3) is 5.66. The van der Waals surface area contributed by atoms with E-state index in [2.05, 4.69) is 5.32 Å². The van der Waals surface area contributed by atoms with Gasteiger partial charge in [0.05, 0.1) is 13.7 Å². The number of nitriles is 1. The minimum Gasteiger partial charge on any atom is -0.497 e. The lowest BCUT2D eigenvalue weighted by Crippen LogP contribution is -2.35. The molecule has 0 radical (unpaired) electrons. The molecule has 3 aromatic rings. The zero-order valence-electron chi connectivity index (χ0n) is 21.9. The molecule has 1 N–H and O–H groups in total. The third-order valence-corrected chi connectivity index (χ3v) is 6.12. The smallest absolute Gasteiger partial charge is 0.264 e. The first-order valence-electron chi connectivity index (χ1n) is 11.6. The molecule has 36 heavy (non-hydrogen) atoms. The van der Waals surface area contributed by atoms with Crippen molar-refractivity contribution in [3.8, 4) is 17.5 Å². The maximum Gasteiger partial charge on any atom is 0.264 e. The fraction of sp³-hybridized carbons (Fsp3) is 0.276. The number of anilines is 1. The number of hydrogen-bond acceptors (Lipinski definition) is 4. The van der Waals surface area contributed by atoms with Crippen molar-refractivity contribution in [2.45, 2.75) is 34.6 Å². The summed E-state index contributed by atoms with van der Waals surface area (Å²) in [5, 5.41) is 12.6. The van der Waals surface area contributed by atoms with Gasteiger partial charge in [0.1, 0.15) is 17.4 Å². The Bertz CT molecular complexity index is 1350. The van der Waals surface area contributed by atoms with Gasteiger partial charge in [-0.1, -0.05) is 17.7 Å². The van der Waals surface area contributed by atoms with Gasteiger partial charge in [-0.25, -0.2) is 0 Å². The maximum atomic E-state index is 13.0. The molecule has 0 spiro atoms. The lowest BCUT2D eigenvalue weighted by atomic mass is 10.1. The second-order valence-electron chi connectivity index (χ2n) is 9.01. The van der Waals surface area contributed by atoms with Gasteiger partial charge in [0.25, 0.3) is 5.91 Å². The first kappa shape index (κ1) is 26.3. The van der Waals surface area contributed by atoms with E-state index in [1.807, 2.05) is 87.7 Å². The van der Waals surface area contributed by atoms with Crippen molar-refractivity contribution in [1.82, 2.24) is 9.47 Å².